The Morgan fingerprint density at radius 2 is 2.26 bits per heavy atom. The summed E-state index contributed by atoms with van der Waals surface area (Å²) in [5.74, 6) is 0. The second-order valence-electron chi connectivity index (χ2n) is 3.85. The summed E-state index contributed by atoms with van der Waals surface area (Å²) in [6.07, 6.45) is -0.149. The molecule has 1 aromatic heterocycles. The monoisotopic (exact) mass is 299 g/mol. The zero-order valence-corrected chi connectivity index (χ0v) is 11.8. The van der Waals surface area contributed by atoms with Crippen molar-refractivity contribution in [3.63, 3.8) is 0 Å². The molecule has 1 atom stereocenters. The third-order valence-electron chi connectivity index (χ3n) is 2.52. The van der Waals surface area contributed by atoms with Crippen LogP contribution in [0.25, 0.3) is 0 Å². The largest absolute Gasteiger partial charge is 0.388 e. The minimum Gasteiger partial charge on any atom is -0.388 e. The van der Waals surface area contributed by atoms with Gasteiger partial charge in [-0.2, -0.15) is 0 Å². The molecule has 6 nitrogen and oxygen atoms in total. The summed E-state index contributed by atoms with van der Waals surface area (Å²) in [6.45, 7) is 1.82. The fourth-order valence-corrected chi connectivity index (χ4v) is 3.26. The van der Waals surface area contributed by atoms with Gasteiger partial charge in [-0.25, -0.2) is 8.42 Å². The lowest BCUT2D eigenvalue weighted by atomic mass is 10.1. The van der Waals surface area contributed by atoms with E-state index < -0.39 is 16.1 Å². The summed E-state index contributed by atoms with van der Waals surface area (Å²) in [7, 11) is -3.70. The predicted octanol–water partition coefficient (Wildman–Crippen LogP) is 1.78. The molecule has 0 aliphatic rings. The van der Waals surface area contributed by atoms with Crippen molar-refractivity contribution in [2.24, 2.45) is 0 Å². The van der Waals surface area contributed by atoms with Crippen molar-refractivity contribution < 1.29 is 13.5 Å². The standard InChI is InChI=1S/C11H13N3O3S2/c1-2-10(15)8-4-3-5-9(6-8)19(16,17)14-11-13-12-7-18-11/h3-7,10,15H,2H2,1H3,(H,13,14). The normalized spacial score (nSPS) is 13.2. The summed E-state index contributed by atoms with van der Waals surface area (Å²) in [6, 6.07) is 6.22. The molecule has 0 aliphatic carbocycles. The summed E-state index contributed by atoms with van der Waals surface area (Å²) in [4.78, 5) is 0.0905. The molecule has 0 spiro atoms. The van der Waals surface area contributed by atoms with E-state index in [4.69, 9.17) is 0 Å². The Hall–Kier alpha value is -1.51. The topological polar surface area (TPSA) is 92.2 Å². The Labute approximate surface area is 115 Å². The van der Waals surface area contributed by atoms with E-state index in [1.54, 1.807) is 12.1 Å². The third kappa shape index (κ3) is 3.28. The van der Waals surface area contributed by atoms with Gasteiger partial charge in [-0.05, 0) is 24.1 Å². The highest BCUT2D eigenvalue weighted by atomic mass is 32.2. The summed E-state index contributed by atoms with van der Waals surface area (Å²) in [5.41, 5.74) is 2.01. The van der Waals surface area contributed by atoms with Crippen molar-refractivity contribution in [3.05, 3.63) is 35.3 Å². The van der Waals surface area contributed by atoms with Gasteiger partial charge in [0.2, 0.25) is 5.13 Å². The van der Waals surface area contributed by atoms with Crippen molar-refractivity contribution in [1.82, 2.24) is 10.2 Å². The molecule has 2 N–H and O–H groups in total. The number of hydrogen-bond donors (Lipinski definition) is 2. The molecule has 102 valence electrons. The quantitative estimate of drug-likeness (QED) is 0.878. The van der Waals surface area contributed by atoms with Gasteiger partial charge in [0.1, 0.15) is 5.51 Å². The van der Waals surface area contributed by atoms with E-state index in [9.17, 15) is 13.5 Å². The van der Waals surface area contributed by atoms with Crippen LogP contribution in [0.5, 0.6) is 0 Å². The number of nitrogens with zero attached hydrogens (tertiary/aromatic N) is 2. The predicted molar refractivity (Wildman–Crippen MR) is 72.4 cm³/mol. The van der Waals surface area contributed by atoms with Crippen LogP contribution in [-0.2, 0) is 10.0 Å². The maximum absolute atomic E-state index is 12.1. The highest BCUT2D eigenvalue weighted by molar-refractivity contribution is 7.93. The highest BCUT2D eigenvalue weighted by Crippen LogP contribution is 2.22. The van der Waals surface area contributed by atoms with Gasteiger partial charge in [0.15, 0.2) is 0 Å². The first-order valence-electron chi connectivity index (χ1n) is 5.60. The molecule has 0 aliphatic heterocycles. The van der Waals surface area contributed by atoms with Crippen LogP contribution in [0, 0.1) is 0 Å². The van der Waals surface area contributed by atoms with Crippen molar-refractivity contribution in [3.8, 4) is 0 Å². The minimum absolute atomic E-state index is 0.0905. The molecule has 0 amide bonds. The maximum Gasteiger partial charge on any atom is 0.263 e. The van der Waals surface area contributed by atoms with E-state index in [0.29, 0.717) is 12.0 Å². The lowest BCUT2D eigenvalue weighted by molar-refractivity contribution is 0.173. The second-order valence-corrected chi connectivity index (χ2v) is 6.36. The SMILES string of the molecule is CCC(O)c1cccc(S(=O)(=O)Nc2nncs2)c1. The van der Waals surface area contributed by atoms with Crippen LogP contribution in [0.4, 0.5) is 5.13 Å². The van der Waals surface area contributed by atoms with Crippen molar-refractivity contribution in [1.29, 1.82) is 0 Å². The van der Waals surface area contributed by atoms with Gasteiger partial charge in [-0.1, -0.05) is 30.4 Å². The first kappa shape index (κ1) is 13.9. The Kier molecular flexibility index (Phi) is 4.13. The van der Waals surface area contributed by atoms with Crippen LogP contribution in [0.1, 0.15) is 25.0 Å². The van der Waals surface area contributed by atoms with Crippen molar-refractivity contribution in [2.45, 2.75) is 24.3 Å². The first-order chi connectivity index (χ1) is 9.03. The summed E-state index contributed by atoms with van der Waals surface area (Å²) in [5, 5.41) is 17.1. The van der Waals surface area contributed by atoms with E-state index >= 15 is 0 Å². The van der Waals surface area contributed by atoms with E-state index in [-0.39, 0.29) is 10.0 Å². The first-order valence-corrected chi connectivity index (χ1v) is 7.96. The molecule has 1 aromatic carbocycles. The summed E-state index contributed by atoms with van der Waals surface area (Å²) >= 11 is 1.10. The smallest absolute Gasteiger partial charge is 0.263 e. The highest BCUT2D eigenvalue weighted by Gasteiger charge is 2.17. The van der Waals surface area contributed by atoms with Gasteiger partial charge in [0.05, 0.1) is 11.0 Å². The molecule has 1 unspecified atom stereocenters. The molecular formula is C11H13N3O3S2. The molecule has 8 heteroatoms. The number of sulfonamides is 1. The Morgan fingerprint density at radius 3 is 2.89 bits per heavy atom. The second kappa shape index (κ2) is 5.64. The molecule has 19 heavy (non-hydrogen) atoms. The molecule has 0 radical (unpaired) electrons. The zero-order valence-electron chi connectivity index (χ0n) is 10.1. The molecule has 0 saturated heterocycles. The van der Waals surface area contributed by atoms with E-state index in [1.165, 1.54) is 17.6 Å². The molecule has 2 rings (SSSR count). The average molecular weight is 299 g/mol. The van der Waals surface area contributed by atoms with Crippen molar-refractivity contribution in [2.75, 3.05) is 4.72 Å². The maximum atomic E-state index is 12.1. The third-order valence-corrected chi connectivity index (χ3v) is 4.59. The Morgan fingerprint density at radius 1 is 1.47 bits per heavy atom. The van der Waals surface area contributed by atoms with Crippen molar-refractivity contribution >= 4 is 26.5 Å². The van der Waals surface area contributed by atoms with E-state index in [1.807, 2.05) is 6.92 Å². The molecule has 0 saturated carbocycles. The molecule has 0 bridgehead atoms. The number of aromatic nitrogens is 2. The van der Waals surface area contributed by atoms with Crippen LogP contribution in [0.15, 0.2) is 34.7 Å². The van der Waals surface area contributed by atoms with Crippen LogP contribution in [-0.4, -0.2) is 23.7 Å². The van der Waals surface area contributed by atoms with Gasteiger partial charge in [-0.15, -0.1) is 10.2 Å². The number of aliphatic hydroxyl groups excluding tert-OH is 1. The minimum atomic E-state index is -3.70. The number of hydrogen-bond acceptors (Lipinski definition) is 6. The zero-order chi connectivity index (χ0) is 13.9. The fraction of sp³-hybridized carbons (Fsp3) is 0.273. The van der Waals surface area contributed by atoms with Crippen LogP contribution >= 0.6 is 11.3 Å². The Balaban J connectivity index is 2.30. The van der Waals surface area contributed by atoms with Gasteiger partial charge in [0, 0.05) is 0 Å². The van der Waals surface area contributed by atoms with Crippen LogP contribution in [0.2, 0.25) is 0 Å². The van der Waals surface area contributed by atoms with E-state index in [2.05, 4.69) is 14.9 Å². The molecular weight excluding hydrogens is 286 g/mol. The fourth-order valence-electron chi connectivity index (χ4n) is 1.52. The number of rotatable bonds is 5. The number of aliphatic hydroxyl groups is 1. The van der Waals surface area contributed by atoms with Gasteiger partial charge >= 0.3 is 0 Å². The van der Waals surface area contributed by atoms with Gasteiger partial charge in [0.25, 0.3) is 10.0 Å². The number of benzene rings is 1. The van der Waals surface area contributed by atoms with Crippen LogP contribution in [0.3, 0.4) is 0 Å². The molecule has 2 aromatic rings. The average Bonchev–Trinajstić information content (AvgIpc) is 2.90. The summed E-state index contributed by atoms with van der Waals surface area (Å²) < 4.78 is 26.6. The van der Waals surface area contributed by atoms with Crippen LogP contribution < -0.4 is 4.72 Å². The van der Waals surface area contributed by atoms with Gasteiger partial charge < -0.3 is 5.11 Å². The van der Waals surface area contributed by atoms with Gasteiger partial charge in [-0.3, -0.25) is 4.72 Å². The number of anilines is 1. The Bertz CT molecular complexity index is 641. The van der Waals surface area contributed by atoms with E-state index in [0.717, 1.165) is 11.3 Å². The lowest BCUT2D eigenvalue weighted by Crippen LogP contribution is -2.13. The molecule has 0 fully saturated rings. The molecule has 1 heterocycles. The lowest BCUT2D eigenvalue weighted by Gasteiger charge is -2.10. The number of nitrogens with one attached hydrogen (secondary N) is 1.